The molecule has 14 heteroatoms. The number of carbonyl (C=O) groups excluding carboxylic acids is 2. The van der Waals surface area contributed by atoms with Crippen LogP contribution >= 0.6 is 0 Å². The number of alkyl halides is 6. The van der Waals surface area contributed by atoms with Crippen molar-refractivity contribution in [2.24, 2.45) is 5.92 Å². The Morgan fingerprint density at radius 2 is 1.94 bits per heavy atom. The van der Waals surface area contributed by atoms with Crippen molar-refractivity contribution in [1.29, 1.82) is 0 Å². The minimum absolute atomic E-state index is 0.0453. The van der Waals surface area contributed by atoms with Gasteiger partial charge in [0.2, 0.25) is 6.41 Å². The van der Waals surface area contributed by atoms with Crippen LogP contribution in [0.3, 0.4) is 0 Å². The molecule has 1 atom stereocenters. The van der Waals surface area contributed by atoms with Gasteiger partial charge < -0.3 is 5.32 Å². The van der Waals surface area contributed by atoms with Gasteiger partial charge in [-0.1, -0.05) is 6.92 Å². The van der Waals surface area contributed by atoms with Crippen LogP contribution < -0.4 is 10.2 Å². The standard InChI is InChI=1S/C20H24F6N6O2/c1-3-13-8-14(31(11-33)7-6-30(2)9-19(21,22)23)28-17-15(27-10-32(13)17)18(34)29-16(12-4-5-12)20(24,25)26/h8,10-12,16H,3-7,9H2,1-2H3,(H,29,34). The molecule has 0 saturated heterocycles. The summed E-state index contributed by atoms with van der Waals surface area (Å²) in [6.07, 6.45) is -6.26. The Morgan fingerprint density at radius 1 is 1.26 bits per heavy atom. The SMILES string of the molecule is CCc1cc(N(C=O)CCN(C)CC(F)(F)F)nc2c(C(=O)NC(C3CC3)C(F)(F)F)ncn12. The lowest BCUT2D eigenvalue weighted by Gasteiger charge is -2.23. The van der Waals surface area contributed by atoms with E-state index in [9.17, 15) is 35.9 Å². The molecule has 188 valence electrons. The zero-order valence-corrected chi connectivity index (χ0v) is 18.4. The summed E-state index contributed by atoms with van der Waals surface area (Å²) in [5, 5.41) is 2.00. The lowest BCUT2D eigenvalue weighted by atomic mass is 10.1. The van der Waals surface area contributed by atoms with E-state index in [1.165, 1.54) is 23.8 Å². The van der Waals surface area contributed by atoms with Crippen molar-refractivity contribution in [3.63, 3.8) is 0 Å². The van der Waals surface area contributed by atoms with Gasteiger partial charge in [0.25, 0.3) is 5.91 Å². The highest BCUT2D eigenvalue weighted by Crippen LogP contribution is 2.40. The third-order valence-corrected chi connectivity index (χ3v) is 5.47. The largest absolute Gasteiger partial charge is 0.408 e. The molecule has 0 radical (unpaired) electrons. The Hall–Kier alpha value is -2.90. The molecule has 0 spiro atoms. The lowest BCUT2D eigenvalue weighted by Crippen LogP contribution is -2.47. The number of carbonyl (C=O) groups is 2. The monoisotopic (exact) mass is 494 g/mol. The molecular formula is C20H24F6N6O2. The van der Waals surface area contributed by atoms with E-state index in [2.05, 4.69) is 9.97 Å². The minimum Gasteiger partial charge on any atom is -0.339 e. The molecule has 3 rings (SSSR count). The summed E-state index contributed by atoms with van der Waals surface area (Å²) in [7, 11) is 1.25. The molecule has 2 heterocycles. The molecule has 1 N–H and O–H groups in total. The summed E-state index contributed by atoms with van der Waals surface area (Å²) < 4.78 is 79.1. The zero-order chi connectivity index (χ0) is 25.3. The number of aromatic nitrogens is 3. The number of rotatable bonds is 10. The highest BCUT2D eigenvalue weighted by molar-refractivity contribution is 5.98. The minimum atomic E-state index is -4.61. The van der Waals surface area contributed by atoms with Gasteiger partial charge in [0.15, 0.2) is 11.3 Å². The van der Waals surface area contributed by atoms with Crippen molar-refractivity contribution in [1.82, 2.24) is 24.6 Å². The first kappa shape index (κ1) is 25.7. The molecular weight excluding hydrogens is 470 g/mol. The fraction of sp³-hybridized carbons (Fsp3) is 0.600. The van der Waals surface area contributed by atoms with Crippen LogP contribution in [0.4, 0.5) is 32.2 Å². The van der Waals surface area contributed by atoms with Crippen LogP contribution in [-0.4, -0.2) is 76.7 Å². The molecule has 34 heavy (non-hydrogen) atoms. The molecule has 1 fully saturated rings. The number of amides is 2. The third-order valence-electron chi connectivity index (χ3n) is 5.47. The molecule has 0 aromatic carbocycles. The van der Waals surface area contributed by atoms with E-state index >= 15 is 0 Å². The number of hydrogen-bond acceptors (Lipinski definition) is 5. The van der Waals surface area contributed by atoms with E-state index < -0.39 is 36.8 Å². The molecule has 1 aliphatic carbocycles. The number of nitrogens with one attached hydrogen (secondary N) is 1. The van der Waals surface area contributed by atoms with Crippen molar-refractivity contribution in [2.75, 3.05) is 31.6 Å². The number of fused-ring (bicyclic) bond motifs is 1. The summed E-state index contributed by atoms with van der Waals surface area (Å²) in [6.45, 7) is 0.359. The summed E-state index contributed by atoms with van der Waals surface area (Å²) in [6, 6.07) is -0.488. The Balaban J connectivity index is 1.87. The summed E-state index contributed by atoms with van der Waals surface area (Å²) in [5.41, 5.74) is 0.155. The topological polar surface area (TPSA) is 82.8 Å². The smallest absolute Gasteiger partial charge is 0.339 e. The molecule has 0 bridgehead atoms. The average Bonchev–Trinajstić information content (AvgIpc) is 3.47. The van der Waals surface area contributed by atoms with E-state index in [0.29, 0.717) is 31.4 Å². The normalized spacial score (nSPS) is 15.6. The number of likely N-dealkylation sites (N-methyl/N-ethyl adjacent to an activating group) is 1. The Kier molecular flexibility index (Phi) is 7.38. The van der Waals surface area contributed by atoms with Gasteiger partial charge in [-0.25, -0.2) is 9.97 Å². The number of hydrogen-bond donors (Lipinski definition) is 1. The molecule has 2 aromatic heterocycles. The highest BCUT2D eigenvalue weighted by Gasteiger charge is 2.50. The number of nitrogens with zero attached hydrogens (tertiary/aromatic N) is 5. The van der Waals surface area contributed by atoms with Crippen molar-refractivity contribution >= 4 is 23.8 Å². The van der Waals surface area contributed by atoms with Gasteiger partial charge >= 0.3 is 12.4 Å². The fourth-order valence-electron chi connectivity index (χ4n) is 3.59. The molecule has 1 unspecified atom stereocenters. The molecule has 0 aliphatic heterocycles. The number of halogens is 6. The summed E-state index contributed by atoms with van der Waals surface area (Å²) in [4.78, 5) is 34.6. The first-order valence-corrected chi connectivity index (χ1v) is 10.6. The number of imidazole rings is 1. The average molecular weight is 494 g/mol. The second kappa shape index (κ2) is 9.76. The second-order valence-electron chi connectivity index (χ2n) is 8.23. The van der Waals surface area contributed by atoms with E-state index in [1.54, 1.807) is 6.92 Å². The van der Waals surface area contributed by atoms with Crippen molar-refractivity contribution in [3.8, 4) is 0 Å². The van der Waals surface area contributed by atoms with E-state index in [0.717, 1.165) is 9.80 Å². The Morgan fingerprint density at radius 3 is 2.47 bits per heavy atom. The van der Waals surface area contributed by atoms with Crippen LogP contribution in [-0.2, 0) is 11.2 Å². The Labute approximate surface area is 190 Å². The molecule has 1 aliphatic rings. The van der Waals surface area contributed by atoms with Crippen LogP contribution in [0.2, 0.25) is 0 Å². The van der Waals surface area contributed by atoms with Crippen molar-refractivity contribution in [2.45, 2.75) is 44.6 Å². The maximum Gasteiger partial charge on any atom is 0.408 e. The van der Waals surface area contributed by atoms with E-state index in [-0.39, 0.29) is 30.2 Å². The zero-order valence-electron chi connectivity index (χ0n) is 18.4. The van der Waals surface area contributed by atoms with Gasteiger partial charge in [-0.05, 0) is 32.2 Å². The fourth-order valence-corrected chi connectivity index (χ4v) is 3.59. The van der Waals surface area contributed by atoms with Crippen molar-refractivity contribution in [3.05, 3.63) is 23.8 Å². The van der Waals surface area contributed by atoms with Gasteiger partial charge in [-0.2, -0.15) is 26.3 Å². The first-order valence-electron chi connectivity index (χ1n) is 10.6. The molecule has 1 saturated carbocycles. The number of aryl methyl sites for hydroxylation is 1. The van der Waals surface area contributed by atoms with Crippen LogP contribution in [0.15, 0.2) is 12.4 Å². The van der Waals surface area contributed by atoms with E-state index in [1.807, 2.05) is 5.32 Å². The van der Waals surface area contributed by atoms with Gasteiger partial charge in [0, 0.05) is 24.8 Å². The molecule has 2 aromatic rings. The van der Waals surface area contributed by atoms with E-state index in [4.69, 9.17) is 0 Å². The van der Waals surface area contributed by atoms with Crippen LogP contribution in [0.1, 0.15) is 35.9 Å². The van der Waals surface area contributed by atoms with Gasteiger partial charge in [-0.3, -0.25) is 23.8 Å². The predicted octanol–water partition coefficient (Wildman–Crippen LogP) is 2.82. The molecule has 2 amide bonds. The third kappa shape index (κ3) is 6.15. The van der Waals surface area contributed by atoms with Gasteiger partial charge in [0.05, 0.1) is 6.54 Å². The maximum absolute atomic E-state index is 13.3. The molecule has 8 nitrogen and oxygen atoms in total. The van der Waals surface area contributed by atoms with Gasteiger partial charge in [-0.15, -0.1) is 0 Å². The second-order valence-corrected chi connectivity index (χ2v) is 8.23. The van der Waals surface area contributed by atoms with Crippen LogP contribution in [0.25, 0.3) is 5.65 Å². The summed E-state index contributed by atoms with van der Waals surface area (Å²) in [5.74, 6) is -1.69. The Bertz CT molecular complexity index is 1030. The first-order chi connectivity index (χ1) is 15.8. The highest BCUT2D eigenvalue weighted by atomic mass is 19.4. The maximum atomic E-state index is 13.3. The lowest BCUT2D eigenvalue weighted by molar-refractivity contribution is -0.158. The van der Waals surface area contributed by atoms with Crippen molar-refractivity contribution < 1.29 is 35.9 Å². The predicted molar refractivity (Wildman–Crippen MR) is 109 cm³/mol. The quantitative estimate of drug-likeness (QED) is 0.406. The number of anilines is 1. The van der Waals surface area contributed by atoms with Crippen LogP contribution in [0, 0.1) is 5.92 Å². The van der Waals surface area contributed by atoms with Crippen LogP contribution in [0.5, 0.6) is 0 Å². The van der Waals surface area contributed by atoms with Gasteiger partial charge in [0.1, 0.15) is 18.2 Å². The summed E-state index contributed by atoms with van der Waals surface area (Å²) >= 11 is 0.